The number of pyridine rings is 1. The summed E-state index contributed by atoms with van der Waals surface area (Å²) in [5.41, 5.74) is 2.44. The van der Waals surface area contributed by atoms with Gasteiger partial charge in [0.2, 0.25) is 10.0 Å². The van der Waals surface area contributed by atoms with Crippen LogP contribution >= 0.6 is 22.9 Å². The van der Waals surface area contributed by atoms with E-state index in [1.54, 1.807) is 17.8 Å². The third-order valence-corrected chi connectivity index (χ3v) is 6.60. The maximum atomic E-state index is 13.2. The highest BCUT2D eigenvalue weighted by molar-refractivity contribution is 7.89. The van der Waals surface area contributed by atoms with Crippen LogP contribution in [0.2, 0.25) is 5.02 Å². The van der Waals surface area contributed by atoms with Crippen molar-refractivity contribution < 1.29 is 17.6 Å². The molecule has 1 amide bonds. The van der Waals surface area contributed by atoms with E-state index >= 15 is 0 Å². The Morgan fingerprint density at radius 2 is 2.07 bits per heavy atom. The zero-order valence-corrected chi connectivity index (χ0v) is 17.5. The fourth-order valence-electron chi connectivity index (χ4n) is 2.35. The average molecular weight is 455 g/mol. The van der Waals surface area contributed by atoms with Gasteiger partial charge in [-0.15, -0.1) is 11.3 Å². The second-order valence-electron chi connectivity index (χ2n) is 6.05. The molecule has 0 aliphatic rings. The van der Waals surface area contributed by atoms with E-state index in [2.05, 4.69) is 20.0 Å². The molecule has 3 aromatic rings. The highest BCUT2D eigenvalue weighted by atomic mass is 35.5. The highest BCUT2D eigenvalue weighted by Gasteiger charge is 2.17. The van der Waals surface area contributed by atoms with Crippen LogP contribution in [0, 0.1) is 5.82 Å². The number of halogens is 2. The third kappa shape index (κ3) is 5.36. The molecule has 0 radical (unpaired) electrons. The van der Waals surface area contributed by atoms with Gasteiger partial charge in [-0.25, -0.2) is 17.5 Å². The second-order valence-corrected chi connectivity index (χ2v) is 9.14. The molecule has 1 aromatic carbocycles. The molecule has 0 spiro atoms. The number of nitrogens with zero attached hydrogens (tertiary/aromatic N) is 2. The summed E-state index contributed by atoms with van der Waals surface area (Å²) in [6, 6.07) is 6.05. The Bertz CT molecular complexity index is 1110. The molecule has 0 unspecified atom stereocenters. The van der Waals surface area contributed by atoms with Gasteiger partial charge in [0.05, 0.1) is 21.5 Å². The predicted molar refractivity (Wildman–Crippen MR) is 108 cm³/mol. The molecule has 2 aromatic heterocycles. The topological polar surface area (TPSA) is 101 Å². The van der Waals surface area contributed by atoms with Crippen LogP contribution < -0.4 is 10.0 Å². The van der Waals surface area contributed by atoms with E-state index in [1.807, 2.05) is 6.92 Å². The molecule has 29 heavy (non-hydrogen) atoms. The summed E-state index contributed by atoms with van der Waals surface area (Å²) in [5.74, 6) is -1.05. The van der Waals surface area contributed by atoms with E-state index in [-0.39, 0.29) is 34.1 Å². The van der Waals surface area contributed by atoms with Crippen LogP contribution in [0.3, 0.4) is 0 Å². The van der Waals surface area contributed by atoms with E-state index in [9.17, 15) is 17.6 Å². The highest BCUT2D eigenvalue weighted by Crippen LogP contribution is 2.20. The molecular formula is C18H16ClFN4O3S2. The van der Waals surface area contributed by atoms with E-state index in [1.165, 1.54) is 23.6 Å². The Labute approximate surface area is 176 Å². The van der Waals surface area contributed by atoms with Crippen molar-refractivity contribution in [3.8, 4) is 0 Å². The summed E-state index contributed by atoms with van der Waals surface area (Å²) >= 11 is 7.07. The Hall–Kier alpha value is -2.40. The number of rotatable bonds is 7. The minimum atomic E-state index is -3.88. The van der Waals surface area contributed by atoms with Crippen molar-refractivity contribution in [2.24, 2.45) is 0 Å². The number of thiazole rings is 1. The van der Waals surface area contributed by atoms with Crippen molar-refractivity contribution in [1.29, 1.82) is 0 Å². The molecule has 0 fully saturated rings. The number of amides is 1. The van der Waals surface area contributed by atoms with Crippen LogP contribution in [0.1, 0.15) is 33.9 Å². The lowest BCUT2D eigenvalue weighted by molar-refractivity contribution is 0.0935. The predicted octanol–water partition coefficient (Wildman–Crippen LogP) is 3.30. The van der Waals surface area contributed by atoms with E-state index in [4.69, 9.17) is 11.6 Å². The van der Waals surface area contributed by atoms with Crippen LogP contribution in [-0.4, -0.2) is 24.3 Å². The fraction of sp³-hybridized carbons (Fsp3) is 0.167. The summed E-state index contributed by atoms with van der Waals surface area (Å²) < 4.78 is 40.2. The van der Waals surface area contributed by atoms with Crippen LogP contribution in [0.4, 0.5) is 4.39 Å². The fourth-order valence-corrected chi connectivity index (χ4v) is 4.27. The van der Waals surface area contributed by atoms with Gasteiger partial charge in [0, 0.05) is 23.8 Å². The van der Waals surface area contributed by atoms with Gasteiger partial charge in [-0.3, -0.25) is 14.8 Å². The molecule has 0 saturated heterocycles. The largest absolute Gasteiger partial charge is 0.343 e. The molecule has 152 valence electrons. The summed E-state index contributed by atoms with van der Waals surface area (Å²) in [5, 5.41) is 2.54. The van der Waals surface area contributed by atoms with Gasteiger partial charge in [-0.05, 0) is 36.8 Å². The Balaban J connectivity index is 1.61. The Kier molecular flexibility index (Phi) is 6.58. The van der Waals surface area contributed by atoms with Gasteiger partial charge in [0.1, 0.15) is 11.5 Å². The number of sulfonamides is 1. The Morgan fingerprint density at radius 3 is 2.69 bits per heavy atom. The van der Waals surface area contributed by atoms with E-state index < -0.39 is 15.8 Å². The van der Waals surface area contributed by atoms with Gasteiger partial charge in [0.25, 0.3) is 5.91 Å². The monoisotopic (exact) mass is 454 g/mol. The number of carbonyl (C=O) groups is 1. The quantitative estimate of drug-likeness (QED) is 0.570. The molecule has 11 heteroatoms. The first kappa shape index (κ1) is 21.3. The van der Waals surface area contributed by atoms with Crippen LogP contribution in [0.25, 0.3) is 0 Å². The van der Waals surface area contributed by atoms with Crippen molar-refractivity contribution in [2.45, 2.75) is 24.4 Å². The van der Waals surface area contributed by atoms with Crippen molar-refractivity contribution >= 4 is 38.9 Å². The van der Waals surface area contributed by atoms with Crippen LogP contribution in [-0.2, 0) is 16.6 Å². The summed E-state index contributed by atoms with van der Waals surface area (Å²) in [6.45, 7) is 1.79. The van der Waals surface area contributed by atoms with E-state index in [0.29, 0.717) is 5.56 Å². The molecule has 0 saturated carbocycles. The van der Waals surface area contributed by atoms with Gasteiger partial charge in [-0.1, -0.05) is 17.7 Å². The number of carbonyl (C=O) groups excluding carboxylic acids is 1. The first-order chi connectivity index (χ1) is 13.8. The maximum absolute atomic E-state index is 13.2. The zero-order chi connectivity index (χ0) is 21.0. The molecule has 1 atom stereocenters. The molecule has 2 heterocycles. The molecule has 7 nitrogen and oxygen atoms in total. The SMILES string of the molecule is C[C@@H](NC(=O)c1ccc(CNS(=O)(=O)c2ccc(F)c(Cl)c2)cn1)c1cncs1. The smallest absolute Gasteiger partial charge is 0.270 e. The van der Waals surface area contributed by atoms with Gasteiger partial charge in [0.15, 0.2) is 0 Å². The number of benzene rings is 1. The molecule has 0 aliphatic heterocycles. The van der Waals surface area contributed by atoms with Crippen molar-refractivity contribution in [3.63, 3.8) is 0 Å². The first-order valence-electron chi connectivity index (χ1n) is 8.35. The molecule has 2 N–H and O–H groups in total. The van der Waals surface area contributed by atoms with Crippen molar-refractivity contribution in [3.05, 3.63) is 75.2 Å². The van der Waals surface area contributed by atoms with Crippen LogP contribution in [0.5, 0.6) is 0 Å². The summed E-state index contributed by atoms with van der Waals surface area (Å²) in [6.07, 6.45) is 3.10. The third-order valence-electron chi connectivity index (χ3n) is 3.95. The zero-order valence-electron chi connectivity index (χ0n) is 15.1. The van der Waals surface area contributed by atoms with Crippen LogP contribution in [0.15, 0.2) is 53.1 Å². The minimum Gasteiger partial charge on any atom is -0.343 e. The van der Waals surface area contributed by atoms with Gasteiger partial charge in [-0.2, -0.15) is 0 Å². The van der Waals surface area contributed by atoms with Gasteiger partial charge >= 0.3 is 0 Å². The maximum Gasteiger partial charge on any atom is 0.270 e. The summed E-state index contributed by atoms with van der Waals surface area (Å²) in [7, 11) is -3.88. The number of hydrogen-bond donors (Lipinski definition) is 2. The van der Waals surface area contributed by atoms with E-state index in [0.717, 1.165) is 23.1 Å². The average Bonchev–Trinajstić information content (AvgIpc) is 3.24. The lowest BCUT2D eigenvalue weighted by Gasteiger charge is -2.11. The number of hydrogen-bond acceptors (Lipinski definition) is 6. The van der Waals surface area contributed by atoms with Crippen molar-refractivity contribution in [1.82, 2.24) is 20.0 Å². The molecule has 3 rings (SSSR count). The Morgan fingerprint density at radius 1 is 1.28 bits per heavy atom. The lowest BCUT2D eigenvalue weighted by atomic mass is 10.2. The number of nitrogens with one attached hydrogen (secondary N) is 2. The lowest BCUT2D eigenvalue weighted by Crippen LogP contribution is -2.27. The standard InChI is InChI=1S/C18H16ClFN4O3S2/c1-11(17-9-21-10-28-17)24-18(25)16-5-2-12(7-22-16)8-23-29(26,27)13-3-4-15(20)14(19)6-13/h2-7,9-11,23H,8H2,1H3,(H,24,25)/t11-/m1/s1. The molecule has 0 bridgehead atoms. The summed E-state index contributed by atoms with van der Waals surface area (Å²) in [4.78, 5) is 21.1. The molecular weight excluding hydrogens is 439 g/mol. The molecule has 0 aliphatic carbocycles. The second kappa shape index (κ2) is 8.95. The van der Waals surface area contributed by atoms with Crippen molar-refractivity contribution in [2.75, 3.05) is 0 Å². The first-order valence-corrected chi connectivity index (χ1v) is 11.1. The number of aromatic nitrogens is 2. The normalized spacial score (nSPS) is 12.5. The minimum absolute atomic E-state index is 0.0521. The van der Waals surface area contributed by atoms with Gasteiger partial charge < -0.3 is 5.32 Å².